The standard InChI is InChI=1S/C33H37F3O6/c1-3-5-7-9-22-39-25-18-20-27(21-19-25)41-31(37)24-14-16-26(17-15-24)42-32(38)28-12-11-13-29(30(28)33(34,35)36)40-23-10-8-6-4-2/h11-21H,3-10,22-23H2,1-2H3. The number of benzene rings is 3. The van der Waals surface area contributed by atoms with Crippen LogP contribution in [0.25, 0.3) is 0 Å². The zero-order chi connectivity index (χ0) is 30.4. The number of carbonyl (C=O) groups is 2. The van der Waals surface area contributed by atoms with Crippen molar-refractivity contribution in [1.82, 2.24) is 0 Å². The molecule has 0 unspecified atom stereocenters. The first-order valence-electron chi connectivity index (χ1n) is 14.3. The van der Waals surface area contributed by atoms with E-state index in [1.807, 2.05) is 6.92 Å². The van der Waals surface area contributed by atoms with Crippen molar-refractivity contribution in [2.75, 3.05) is 13.2 Å². The van der Waals surface area contributed by atoms with Crippen molar-refractivity contribution in [2.24, 2.45) is 0 Å². The van der Waals surface area contributed by atoms with E-state index in [4.69, 9.17) is 18.9 Å². The molecule has 0 atom stereocenters. The lowest BCUT2D eigenvalue weighted by Gasteiger charge is -2.17. The highest BCUT2D eigenvalue weighted by molar-refractivity contribution is 5.94. The smallest absolute Gasteiger partial charge is 0.420 e. The van der Waals surface area contributed by atoms with Gasteiger partial charge in [0.1, 0.15) is 28.6 Å². The largest absolute Gasteiger partial charge is 0.494 e. The minimum Gasteiger partial charge on any atom is -0.494 e. The molecule has 0 heterocycles. The summed E-state index contributed by atoms with van der Waals surface area (Å²) in [5.41, 5.74) is -1.68. The maximum Gasteiger partial charge on any atom is 0.420 e. The number of alkyl halides is 3. The van der Waals surface area contributed by atoms with Gasteiger partial charge in [0.05, 0.1) is 24.3 Å². The molecule has 9 heteroatoms. The van der Waals surface area contributed by atoms with Gasteiger partial charge in [-0.1, -0.05) is 58.4 Å². The Morgan fingerprint density at radius 1 is 0.619 bits per heavy atom. The Kier molecular flexibility index (Phi) is 12.7. The van der Waals surface area contributed by atoms with Crippen LogP contribution < -0.4 is 18.9 Å². The number of unbranched alkanes of at least 4 members (excludes halogenated alkanes) is 6. The summed E-state index contributed by atoms with van der Waals surface area (Å²) in [6.07, 6.45) is 2.96. The minimum atomic E-state index is -4.83. The number of rotatable bonds is 16. The minimum absolute atomic E-state index is 0.0315. The molecule has 0 aliphatic heterocycles. The number of hydrogen-bond acceptors (Lipinski definition) is 6. The average molecular weight is 587 g/mol. The Balaban J connectivity index is 1.60. The number of halogens is 3. The van der Waals surface area contributed by atoms with Gasteiger partial charge in [-0.05, 0) is 73.5 Å². The van der Waals surface area contributed by atoms with Crippen LogP contribution in [0.4, 0.5) is 13.2 Å². The van der Waals surface area contributed by atoms with E-state index in [0.717, 1.165) is 44.6 Å². The van der Waals surface area contributed by atoms with Crippen LogP contribution in [0, 0.1) is 0 Å². The highest BCUT2D eigenvalue weighted by Crippen LogP contribution is 2.39. The van der Waals surface area contributed by atoms with Gasteiger partial charge in [-0.25, -0.2) is 9.59 Å². The Morgan fingerprint density at radius 3 is 1.71 bits per heavy atom. The average Bonchev–Trinajstić information content (AvgIpc) is 2.97. The van der Waals surface area contributed by atoms with Gasteiger partial charge in [0.25, 0.3) is 0 Å². The topological polar surface area (TPSA) is 71.1 Å². The van der Waals surface area contributed by atoms with Crippen LogP contribution >= 0.6 is 0 Å². The zero-order valence-corrected chi connectivity index (χ0v) is 24.0. The molecule has 42 heavy (non-hydrogen) atoms. The van der Waals surface area contributed by atoms with Gasteiger partial charge in [-0.2, -0.15) is 13.2 Å². The summed E-state index contributed by atoms with van der Waals surface area (Å²) in [6.45, 7) is 4.90. The highest BCUT2D eigenvalue weighted by Gasteiger charge is 2.39. The van der Waals surface area contributed by atoms with E-state index in [0.29, 0.717) is 24.5 Å². The third-order valence-electron chi connectivity index (χ3n) is 6.39. The maximum atomic E-state index is 13.9. The molecule has 3 aromatic rings. The Bertz CT molecular complexity index is 1270. The van der Waals surface area contributed by atoms with E-state index in [9.17, 15) is 22.8 Å². The molecule has 226 valence electrons. The Labute approximate surface area is 244 Å². The second kappa shape index (κ2) is 16.4. The summed E-state index contributed by atoms with van der Waals surface area (Å²) in [6, 6.07) is 15.6. The predicted molar refractivity (Wildman–Crippen MR) is 154 cm³/mol. The lowest BCUT2D eigenvalue weighted by atomic mass is 10.1. The van der Waals surface area contributed by atoms with Crippen LogP contribution in [0.1, 0.15) is 91.5 Å². The first kappa shape index (κ1) is 32.5. The van der Waals surface area contributed by atoms with E-state index in [1.165, 1.54) is 42.8 Å². The third-order valence-corrected chi connectivity index (χ3v) is 6.39. The van der Waals surface area contributed by atoms with Gasteiger partial charge in [-0.15, -0.1) is 0 Å². The van der Waals surface area contributed by atoms with Crippen LogP contribution in [0.3, 0.4) is 0 Å². The van der Waals surface area contributed by atoms with Crippen molar-refractivity contribution in [2.45, 2.75) is 71.4 Å². The van der Waals surface area contributed by atoms with Crippen molar-refractivity contribution >= 4 is 11.9 Å². The first-order valence-corrected chi connectivity index (χ1v) is 14.3. The van der Waals surface area contributed by atoms with Gasteiger partial charge in [0.15, 0.2) is 0 Å². The zero-order valence-electron chi connectivity index (χ0n) is 24.0. The van der Waals surface area contributed by atoms with Crippen LogP contribution in [-0.2, 0) is 6.18 Å². The predicted octanol–water partition coefficient (Wildman–Crippen LogP) is 9.06. The van der Waals surface area contributed by atoms with Crippen molar-refractivity contribution < 1.29 is 41.7 Å². The normalized spacial score (nSPS) is 11.2. The molecule has 0 N–H and O–H groups in total. The van der Waals surface area contributed by atoms with Crippen LogP contribution in [0.15, 0.2) is 66.7 Å². The van der Waals surface area contributed by atoms with Gasteiger partial charge >= 0.3 is 18.1 Å². The van der Waals surface area contributed by atoms with Gasteiger partial charge < -0.3 is 18.9 Å². The second-order valence-electron chi connectivity index (χ2n) is 9.77. The number of ether oxygens (including phenoxy) is 4. The molecule has 0 aliphatic carbocycles. The van der Waals surface area contributed by atoms with Crippen LogP contribution in [0.2, 0.25) is 0 Å². The third kappa shape index (κ3) is 10.1. The van der Waals surface area contributed by atoms with Crippen molar-refractivity contribution in [3.63, 3.8) is 0 Å². The molecule has 0 spiro atoms. The van der Waals surface area contributed by atoms with E-state index < -0.39 is 35.0 Å². The molecule has 3 rings (SSSR count). The summed E-state index contributed by atoms with van der Waals surface area (Å²) in [5, 5.41) is 0. The Morgan fingerprint density at radius 2 is 1.14 bits per heavy atom. The molecule has 0 fully saturated rings. The highest BCUT2D eigenvalue weighted by atomic mass is 19.4. The molecular formula is C33H37F3O6. The first-order chi connectivity index (χ1) is 20.2. The number of esters is 2. The molecule has 0 saturated carbocycles. The quantitative estimate of drug-likeness (QED) is 0.0947. The fourth-order valence-corrected chi connectivity index (χ4v) is 4.13. The molecule has 6 nitrogen and oxygen atoms in total. The van der Waals surface area contributed by atoms with Crippen LogP contribution in [0.5, 0.6) is 23.0 Å². The lowest BCUT2D eigenvalue weighted by Crippen LogP contribution is -2.19. The summed E-state index contributed by atoms with van der Waals surface area (Å²) in [7, 11) is 0. The molecule has 0 radical (unpaired) electrons. The van der Waals surface area contributed by atoms with E-state index >= 15 is 0 Å². The number of hydrogen-bond donors (Lipinski definition) is 0. The second-order valence-corrected chi connectivity index (χ2v) is 9.77. The molecule has 0 bridgehead atoms. The van der Waals surface area contributed by atoms with Gasteiger partial charge in [0, 0.05) is 0 Å². The fraction of sp³-hybridized carbons (Fsp3) is 0.394. The molecule has 0 aliphatic rings. The molecule has 3 aromatic carbocycles. The van der Waals surface area contributed by atoms with E-state index in [1.54, 1.807) is 24.3 Å². The summed E-state index contributed by atoms with van der Waals surface area (Å²) < 4.78 is 63.5. The van der Waals surface area contributed by atoms with E-state index in [-0.39, 0.29) is 17.9 Å². The molecule has 0 amide bonds. The Hall–Kier alpha value is -4.01. The maximum absolute atomic E-state index is 13.9. The lowest BCUT2D eigenvalue weighted by molar-refractivity contribution is -0.139. The summed E-state index contributed by atoms with van der Waals surface area (Å²) in [5.74, 6) is -1.30. The molecule has 0 saturated heterocycles. The van der Waals surface area contributed by atoms with Crippen molar-refractivity contribution in [3.8, 4) is 23.0 Å². The summed E-state index contributed by atoms with van der Waals surface area (Å²) in [4.78, 5) is 25.3. The van der Waals surface area contributed by atoms with Crippen molar-refractivity contribution in [1.29, 1.82) is 0 Å². The number of carbonyl (C=O) groups excluding carboxylic acids is 2. The van der Waals surface area contributed by atoms with Crippen molar-refractivity contribution in [3.05, 3.63) is 83.4 Å². The molecule has 0 aromatic heterocycles. The monoisotopic (exact) mass is 586 g/mol. The summed E-state index contributed by atoms with van der Waals surface area (Å²) >= 11 is 0. The van der Waals surface area contributed by atoms with Gasteiger partial charge in [0.2, 0.25) is 0 Å². The van der Waals surface area contributed by atoms with Gasteiger partial charge in [-0.3, -0.25) is 0 Å². The SMILES string of the molecule is CCCCCCOc1ccc(OC(=O)c2ccc(OC(=O)c3cccc(OCCCCCC)c3C(F)(F)F)cc2)cc1. The molecular weight excluding hydrogens is 549 g/mol. The van der Waals surface area contributed by atoms with E-state index in [2.05, 4.69) is 6.92 Å². The fourth-order valence-electron chi connectivity index (χ4n) is 4.13. The van der Waals surface area contributed by atoms with Crippen LogP contribution in [-0.4, -0.2) is 25.2 Å².